The first-order valence-electron chi connectivity index (χ1n) is 13.0. The summed E-state index contributed by atoms with van der Waals surface area (Å²) < 4.78 is 0. The van der Waals surface area contributed by atoms with Crippen LogP contribution in [0.2, 0.25) is 0 Å². The Morgan fingerprint density at radius 3 is 1.08 bits per heavy atom. The lowest BCUT2D eigenvalue weighted by Gasteiger charge is -2.22. The van der Waals surface area contributed by atoms with Crippen molar-refractivity contribution in [2.24, 2.45) is 0 Å². The standard InChI is InChI=1S/C36H30/c1-35(2)29-15-7-5-11-27(29)33-25(13-9-17-31(33)35)23-19-21-24(22-20-23)26-14-10-18-32-34(26)28-12-6-8-16-30(28)36(32,3)4/h5-22H,1-4H3. The largest absolute Gasteiger partial charge is 0.0619 e. The summed E-state index contributed by atoms with van der Waals surface area (Å²) in [5.41, 5.74) is 16.4. The van der Waals surface area contributed by atoms with E-state index >= 15 is 0 Å². The summed E-state index contributed by atoms with van der Waals surface area (Å²) in [5, 5.41) is 0. The molecule has 0 unspecified atom stereocenters. The van der Waals surface area contributed by atoms with Gasteiger partial charge in [-0.25, -0.2) is 0 Å². The number of rotatable bonds is 2. The van der Waals surface area contributed by atoms with Gasteiger partial charge in [0.05, 0.1) is 0 Å². The van der Waals surface area contributed by atoms with Gasteiger partial charge in [0.15, 0.2) is 0 Å². The fourth-order valence-corrected chi connectivity index (χ4v) is 6.82. The Morgan fingerprint density at radius 2 is 0.667 bits per heavy atom. The molecule has 0 nitrogen and oxygen atoms in total. The van der Waals surface area contributed by atoms with E-state index in [0.29, 0.717) is 0 Å². The van der Waals surface area contributed by atoms with Crippen LogP contribution in [0.3, 0.4) is 0 Å². The van der Waals surface area contributed by atoms with E-state index in [1.165, 1.54) is 66.8 Å². The van der Waals surface area contributed by atoms with Crippen LogP contribution in [0.15, 0.2) is 109 Å². The van der Waals surface area contributed by atoms with Crippen LogP contribution in [0.5, 0.6) is 0 Å². The van der Waals surface area contributed by atoms with E-state index in [1.807, 2.05) is 0 Å². The smallest absolute Gasteiger partial charge is 0.0159 e. The van der Waals surface area contributed by atoms with E-state index in [2.05, 4.69) is 137 Å². The minimum Gasteiger partial charge on any atom is -0.0619 e. The molecule has 174 valence electrons. The van der Waals surface area contributed by atoms with Crippen LogP contribution in [0.4, 0.5) is 0 Å². The van der Waals surface area contributed by atoms with E-state index in [0.717, 1.165) is 0 Å². The Labute approximate surface area is 214 Å². The predicted octanol–water partition coefficient (Wildman–Crippen LogP) is 9.63. The van der Waals surface area contributed by atoms with Gasteiger partial charge in [0.25, 0.3) is 0 Å². The molecule has 7 rings (SSSR count). The number of fused-ring (bicyclic) bond motifs is 6. The molecule has 0 spiro atoms. The summed E-state index contributed by atoms with van der Waals surface area (Å²) in [6.45, 7) is 9.39. The third kappa shape index (κ3) is 2.76. The molecule has 2 aliphatic carbocycles. The highest BCUT2D eigenvalue weighted by molar-refractivity contribution is 5.95. The third-order valence-corrected chi connectivity index (χ3v) is 8.72. The van der Waals surface area contributed by atoms with Crippen molar-refractivity contribution < 1.29 is 0 Å². The lowest BCUT2D eigenvalue weighted by atomic mass is 9.81. The first kappa shape index (κ1) is 21.4. The maximum atomic E-state index is 2.35. The van der Waals surface area contributed by atoms with Crippen molar-refractivity contribution in [1.82, 2.24) is 0 Å². The van der Waals surface area contributed by atoms with Crippen molar-refractivity contribution in [3.8, 4) is 44.5 Å². The molecule has 0 aromatic heterocycles. The summed E-state index contributed by atoms with van der Waals surface area (Å²) in [7, 11) is 0. The number of benzene rings is 5. The third-order valence-electron chi connectivity index (χ3n) is 8.72. The lowest BCUT2D eigenvalue weighted by Crippen LogP contribution is -2.14. The molecular formula is C36H30. The van der Waals surface area contributed by atoms with Gasteiger partial charge in [0.2, 0.25) is 0 Å². The molecule has 0 amide bonds. The second-order valence-corrected chi connectivity index (χ2v) is 11.4. The molecule has 0 bridgehead atoms. The van der Waals surface area contributed by atoms with Crippen molar-refractivity contribution in [3.63, 3.8) is 0 Å². The monoisotopic (exact) mass is 462 g/mol. The average Bonchev–Trinajstić information content (AvgIpc) is 3.29. The lowest BCUT2D eigenvalue weighted by molar-refractivity contribution is 0.660. The molecule has 36 heavy (non-hydrogen) atoms. The fourth-order valence-electron chi connectivity index (χ4n) is 6.82. The molecule has 2 aliphatic rings. The van der Waals surface area contributed by atoms with Gasteiger partial charge < -0.3 is 0 Å². The van der Waals surface area contributed by atoms with Crippen LogP contribution in [-0.2, 0) is 10.8 Å². The van der Waals surface area contributed by atoms with Crippen molar-refractivity contribution in [2.75, 3.05) is 0 Å². The maximum Gasteiger partial charge on any atom is 0.0159 e. The topological polar surface area (TPSA) is 0 Å². The van der Waals surface area contributed by atoms with Crippen molar-refractivity contribution >= 4 is 0 Å². The first-order chi connectivity index (χ1) is 17.4. The molecular weight excluding hydrogens is 432 g/mol. The molecule has 0 aliphatic heterocycles. The molecule has 0 heterocycles. The predicted molar refractivity (Wildman–Crippen MR) is 152 cm³/mol. The second kappa shape index (κ2) is 7.31. The molecule has 5 aromatic rings. The molecule has 0 saturated carbocycles. The highest BCUT2D eigenvalue weighted by Crippen LogP contribution is 2.53. The zero-order valence-corrected chi connectivity index (χ0v) is 21.4. The van der Waals surface area contributed by atoms with Gasteiger partial charge >= 0.3 is 0 Å². The Kier molecular flexibility index (Phi) is 4.34. The molecule has 0 atom stereocenters. The summed E-state index contributed by atoms with van der Waals surface area (Å²) >= 11 is 0. The van der Waals surface area contributed by atoms with Gasteiger partial charge in [0, 0.05) is 10.8 Å². The Morgan fingerprint density at radius 1 is 0.333 bits per heavy atom. The summed E-state index contributed by atoms with van der Waals surface area (Å²) in [4.78, 5) is 0. The average molecular weight is 463 g/mol. The van der Waals surface area contributed by atoms with Crippen molar-refractivity contribution in [1.29, 1.82) is 0 Å². The molecule has 0 radical (unpaired) electrons. The second-order valence-electron chi connectivity index (χ2n) is 11.4. The van der Waals surface area contributed by atoms with Crippen LogP contribution in [0.1, 0.15) is 49.9 Å². The van der Waals surface area contributed by atoms with Crippen LogP contribution in [-0.4, -0.2) is 0 Å². The van der Waals surface area contributed by atoms with Crippen LogP contribution >= 0.6 is 0 Å². The van der Waals surface area contributed by atoms with Crippen molar-refractivity contribution in [2.45, 2.75) is 38.5 Å². The highest BCUT2D eigenvalue weighted by atomic mass is 14.4. The summed E-state index contributed by atoms with van der Waals surface area (Å²) in [6.07, 6.45) is 0. The minimum absolute atomic E-state index is 0.0205. The van der Waals surface area contributed by atoms with E-state index in [4.69, 9.17) is 0 Å². The van der Waals surface area contributed by atoms with Gasteiger partial charge in [-0.1, -0.05) is 137 Å². The van der Waals surface area contributed by atoms with Gasteiger partial charge in [-0.15, -0.1) is 0 Å². The maximum absolute atomic E-state index is 2.35. The molecule has 0 saturated heterocycles. The van der Waals surface area contributed by atoms with Gasteiger partial charge in [-0.05, 0) is 66.8 Å². The van der Waals surface area contributed by atoms with Crippen molar-refractivity contribution in [3.05, 3.63) is 131 Å². The normalized spacial score (nSPS) is 15.7. The minimum atomic E-state index is 0.0205. The quantitative estimate of drug-likeness (QED) is 0.245. The fraction of sp³-hybridized carbons (Fsp3) is 0.167. The molecule has 0 N–H and O–H groups in total. The zero-order chi connectivity index (χ0) is 24.7. The Hall–Kier alpha value is -3.90. The van der Waals surface area contributed by atoms with E-state index in [9.17, 15) is 0 Å². The van der Waals surface area contributed by atoms with Gasteiger partial charge in [0.1, 0.15) is 0 Å². The molecule has 0 heteroatoms. The van der Waals surface area contributed by atoms with E-state index in [1.54, 1.807) is 0 Å². The zero-order valence-electron chi connectivity index (χ0n) is 21.4. The highest BCUT2D eigenvalue weighted by Gasteiger charge is 2.37. The molecule has 0 fully saturated rings. The van der Waals surface area contributed by atoms with E-state index in [-0.39, 0.29) is 10.8 Å². The number of hydrogen-bond acceptors (Lipinski definition) is 0. The van der Waals surface area contributed by atoms with Crippen LogP contribution in [0, 0.1) is 0 Å². The number of hydrogen-bond donors (Lipinski definition) is 0. The van der Waals surface area contributed by atoms with E-state index < -0.39 is 0 Å². The summed E-state index contributed by atoms with van der Waals surface area (Å²) in [6, 6.07) is 40.7. The van der Waals surface area contributed by atoms with Gasteiger partial charge in [-0.3, -0.25) is 0 Å². The van der Waals surface area contributed by atoms with Gasteiger partial charge in [-0.2, -0.15) is 0 Å². The Balaban J connectivity index is 1.37. The first-order valence-corrected chi connectivity index (χ1v) is 13.0. The SMILES string of the molecule is CC1(C)c2ccccc2-c2c(-c3ccc(-c4cccc5c4-c4ccccc4C5(C)C)cc3)cccc21. The molecule has 5 aromatic carbocycles. The van der Waals surface area contributed by atoms with Crippen LogP contribution in [0.25, 0.3) is 44.5 Å². The Bertz CT molecular complexity index is 1540. The summed E-state index contributed by atoms with van der Waals surface area (Å²) in [5.74, 6) is 0. The van der Waals surface area contributed by atoms with Crippen LogP contribution < -0.4 is 0 Å².